The topological polar surface area (TPSA) is 50.9 Å². The summed E-state index contributed by atoms with van der Waals surface area (Å²) in [6, 6.07) is 6.90. The number of hydrogen-bond donors (Lipinski definition) is 1. The van der Waals surface area contributed by atoms with Crippen LogP contribution in [0.2, 0.25) is 0 Å². The molecule has 2 heterocycles. The van der Waals surface area contributed by atoms with E-state index in [1.807, 2.05) is 6.07 Å². The maximum absolute atomic E-state index is 13.7. The van der Waals surface area contributed by atoms with Crippen LogP contribution in [0.3, 0.4) is 0 Å². The van der Waals surface area contributed by atoms with Crippen LogP contribution in [-0.4, -0.2) is 43.7 Å². The first-order chi connectivity index (χ1) is 11.2. The summed E-state index contributed by atoms with van der Waals surface area (Å²) in [6.07, 6.45) is 5.34. The highest BCUT2D eigenvalue weighted by atomic mass is 19.1. The van der Waals surface area contributed by atoms with Gasteiger partial charge in [-0.1, -0.05) is 12.1 Å². The minimum atomic E-state index is -0.193. The Labute approximate surface area is 137 Å². The van der Waals surface area contributed by atoms with E-state index in [0.717, 1.165) is 31.5 Å². The van der Waals surface area contributed by atoms with Crippen molar-refractivity contribution in [2.24, 2.45) is 10.7 Å². The van der Waals surface area contributed by atoms with Crippen LogP contribution in [0.25, 0.3) is 0 Å². The third kappa shape index (κ3) is 3.83. The number of ether oxygens (including phenoxy) is 1. The number of hydrogen-bond acceptors (Lipinski definition) is 2. The Morgan fingerprint density at radius 3 is 2.65 bits per heavy atom. The quantitative estimate of drug-likeness (QED) is 0.688. The molecule has 1 aromatic carbocycles. The second kappa shape index (κ2) is 7.30. The number of nitrogens with zero attached hydrogens (tertiary/aromatic N) is 2. The van der Waals surface area contributed by atoms with Gasteiger partial charge in [0.1, 0.15) is 5.82 Å². The van der Waals surface area contributed by atoms with Gasteiger partial charge in [0.2, 0.25) is 0 Å². The van der Waals surface area contributed by atoms with Crippen LogP contribution in [0.1, 0.15) is 37.7 Å². The predicted molar refractivity (Wildman–Crippen MR) is 90.0 cm³/mol. The molecule has 0 aromatic heterocycles. The van der Waals surface area contributed by atoms with Crippen LogP contribution in [0.4, 0.5) is 4.39 Å². The molecule has 0 atom stereocenters. The molecule has 0 bridgehead atoms. The first kappa shape index (κ1) is 16.2. The number of halogens is 1. The molecule has 4 nitrogen and oxygen atoms in total. The number of aliphatic imine (C=N–C) groups is 1. The molecule has 0 aliphatic carbocycles. The maximum Gasteiger partial charge on any atom is 0.191 e. The highest BCUT2D eigenvalue weighted by molar-refractivity contribution is 5.78. The Hall–Kier alpha value is -1.62. The third-order valence-electron chi connectivity index (χ3n) is 5.11. The van der Waals surface area contributed by atoms with Gasteiger partial charge in [-0.25, -0.2) is 4.39 Å². The van der Waals surface area contributed by atoms with Gasteiger partial charge in [0.25, 0.3) is 0 Å². The number of piperidine rings is 1. The number of benzene rings is 1. The van der Waals surface area contributed by atoms with E-state index in [0.29, 0.717) is 25.7 Å². The monoisotopic (exact) mass is 319 g/mol. The molecule has 0 unspecified atom stereocenters. The summed E-state index contributed by atoms with van der Waals surface area (Å²) in [6.45, 7) is 3.96. The van der Waals surface area contributed by atoms with E-state index in [2.05, 4.69) is 4.90 Å². The van der Waals surface area contributed by atoms with Gasteiger partial charge in [-0.3, -0.25) is 4.99 Å². The number of guanidine groups is 1. The Morgan fingerprint density at radius 2 is 1.96 bits per heavy atom. The maximum atomic E-state index is 13.7. The molecule has 2 saturated heterocycles. The lowest BCUT2D eigenvalue weighted by Gasteiger charge is -2.37. The molecule has 0 spiro atoms. The van der Waals surface area contributed by atoms with Crippen molar-refractivity contribution in [3.63, 3.8) is 0 Å². The highest BCUT2D eigenvalue weighted by Gasteiger charge is 2.35. The van der Waals surface area contributed by atoms with Gasteiger partial charge in [0, 0.05) is 31.7 Å². The lowest BCUT2D eigenvalue weighted by atomic mass is 9.74. The number of nitrogens with two attached hydrogens (primary N) is 1. The van der Waals surface area contributed by atoms with Gasteiger partial charge in [-0.15, -0.1) is 0 Å². The standard InChI is InChI=1S/C18H26FN3O/c19-16-6-4-5-15(13-16)18(7-11-23-12-8-18)14-21-17(20)22-9-2-1-3-10-22/h4-6,13H,1-3,7-12,14H2,(H2,20,21). The lowest BCUT2D eigenvalue weighted by molar-refractivity contribution is 0.0529. The smallest absolute Gasteiger partial charge is 0.191 e. The minimum Gasteiger partial charge on any atom is -0.381 e. The van der Waals surface area contributed by atoms with E-state index in [4.69, 9.17) is 15.5 Å². The Kier molecular flexibility index (Phi) is 5.16. The van der Waals surface area contributed by atoms with E-state index in [1.165, 1.54) is 25.3 Å². The summed E-state index contributed by atoms with van der Waals surface area (Å²) < 4.78 is 19.2. The second-order valence-electron chi connectivity index (χ2n) is 6.63. The van der Waals surface area contributed by atoms with E-state index in [9.17, 15) is 4.39 Å². The normalized spacial score (nSPS) is 22.1. The third-order valence-corrected chi connectivity index (χ3v) is 5.11. The van der Waals surface area contributed by atoms with Gasteiger partial charge in [-0.2, -0.15) is 0 Å². The summed E-state index contributed by atoms with van der Waals surface area (Å²) in [5.74, 6) is 0.438. The molecule has 2 aliphatic heterocycles. The predicted octanol–water partition coefficient (Wildman–Crippen LogP) is 2.67. The molecule has 5 heteroatoms. The Morgan fingerprint density at radius 1 is 1.22 bits per heavy atom. The molecule has 0 amide bonds. The number of likely N-dealkylation sites (tertiary alicyclic amines) is 1. The first-order valence-electron chi connectivity index (χ1n) is 8.58. The zero-order valence-corrected chi connectivity index (χ0v) is 13.6. The molecular formula is C18H26FN3O. The van der Waals surface area contributed by atoms with Crippen molar-refractivity contribution >= 4 is 5.96 Å². The lowest BCUT2D eigenvalue weighted by Crippen LogP contribution is -2.43. The van der Waals surface area contributed by atoms with Crippen LogP contribution in [0, 0.1) is 5.82 Å². The molecule has 2 fully saturated rings. The van der Waals surface area contributed by atoms with Crippen molar-refractivity contribution in [2.75, 3.05) is 32.8 Å². The van der Waals surface area contributed by atoms with Crippen molar-refractivity contribution in [3.8, 4) is 0 Å². The van der Waals surface area contributed by atoms with Crippen molar-refractivity contribution in [2.45, 2.75) is 37.5 Å². The molecule has 1 aromatic rings. The van der Waals surface area contributed by atoms with Crippen LogP contribution in [0.5, 0.6) is 0 Å². The Bertz CT molecular complexity index is 549. The fourth-order valence-electron chi connectivity index (χ4n) is 3.57. The van der Waals surface area contributed by atoms with Gasteiger partial charge in [0.15, 0.2) is 5.96 Å². The average molecular weight is 319 g/mol. The van der Waals surface area contributed by atoms with Gasteiger partial charge in [-0.05, 0) is 49.8 Å². The SMILES string of the molecule is NC(=NCC1(c2cccc(F)c2)CCOCC1)N1CCCCC1. The largest absolute Gasteiger partial charge is 0.381 e. The van der Waals surface area contributed by atoms with E-state index >= 15 is 0 Å². The van der Waals surface area contributed by atoms with Crippen molar-refractivity contribution in [3.05, 3.63) is 35.6 Å². The fraction of sp³-hybridized carbons (Fsp3) is 0.611. The molecule has 0 radical (unpaired) electrons. The molecule has 126 valence electrons. The molecule has 3 rings (SSSR count). The molecule has 2 aliphatic rings. The number of rotatable bonds is 3. The second-order valence-corrected chi connectivity index (χ2v) is 6.63. The van der Waals surface area contributed by atoms with Gasteiger partial charge < -0.3 is 15.4 Å². The van der Waals surface area contributed by atoms with Crippen molar-refractivity contribution < 1.29 is 9.13 Å². The molecule has 2 N–H and O–H groups in total. The van der Waals surface area contributed by atoms with Crippen LogP contribution < -0.4 is 5.73 Å². The molecule has 23 heavy (non-hydrogen) atoms. The molecular weight excluding hydrogens is 293 g/mol. The van der Waals surface area contributed by atoms with Crippen molar-refractivity contribution in [1.29, 1.82) is 0 Å². The van der Waals surface area contributed by atoms with Gasteiger partial charge in [0.05, 0.1) is 6.54 Å². The summed E-state index contributed by atoms with van der Waals surface area (Å²) >= 11 is 0. The zero-order chi connectivity index (χ0) is 16.1. The molecule has 0 saturated carbocycles. The van der Waals surface area contributed by atoms with E-state index in [1.54, 1.807) is 12.1 Å². The van der Waals surface area contributed by atoms with E-state index in [-0.39, 0.29) is 11.2 Å². The average Bonchev–Trinajstić information content (AvgIpc) is 2.61. The Balaban J connectivity index is 1.79. The first-order valence-corrected chi connectivity index (χ1v) is 8.58. The summed E-state index contributed by atoms with van der Waals surface area (Å²) in [4.78, 5) is 6.86. The fourth-order valence-corrected chi connectivity index (χ4v) is 3.57. The highest BCUT2D eigenvalue weighted by Crippen LogP contribution is 2.35. The summed E-state index contributed by atoms with van der Waals surface area (Å²) in [5.41, 5.74) is 7.05. The van der Waals surface area contributed by atoms with Crippen LogP contribution in [-0.2, 0) is 10.2 Å². The van der Waals surface area contributed by atoms with Crippen LogP contribution in [0.15, 0.2) is 29.3 Å². The van der Waals surface area contributed by atoms with E-state index < -0.39 is 0 Å². The summed E-state index contributed by atoms with van der Waals surface area (Å²) in [7, 11) is 0. The van der Waals surface area contributed by atoms with Gasteiger partial charge >= 0.3 is 0 Å². The van der Waals surface area contributed by atoms with Crippen LogP contribution >= 0.6 is 0 Å². The summed E-state index contributed by atoms with van der Waals surface area (Å²) in [5, 5.41) is 0. The van der Waals surface area contributed by atoms with Crippen molar-refractivity contribution in [1.82, 2.24) is 4.90 Å². The zero-order valence-electron chi connectivity index (χ0n) is 13.6. The minimum absolute atomic E-state index is 0.166.